The van der Waals surface area contributed by atoms with Crippen molar-refractivity contribution in [1.29, 1.82) is 0 Å². The average molecular weight is 316 g/mol. The SMILES string of the molecule is O=C(O)[C@@H]1CCCN(C(=O)c2ccc(N3CCCC3=O)cc2)C1. The summed E-state index contributed by atoms with van der Waals surface area (Å²) in [6.07, 6.45) is 2.77. The minimum atomic E-state index is -0.842. The highest BCUT2D eigenvalue weighted by Crippen LogP contribution is 2.23. The lowest BCUT2D eigenvalue weighted by atomic mass is 9.97. The van der Waals surface area contributed by atoms with Gasteiger partial charge in [-0.2, -0.15) is 0 Å². The Morgan fingerprint density at radius 2 is 1.83 bits per heavy atom. The molecule has 0 aliphatic carbocycles. The minimum absolute atomic E-state index is 0.115. The Balaban J connectivity index is 1.70. The molecule has 0 bridgehead atoms. The molecule has 1 N–H and O–H groups in total. The zero-order valence-electron chi connectivity index (χ0n) is 12.9. The van der Waals surface area contributed by atoms with E-state index in [0.29, 0.717) is 31.4 Å². The van der Waals surface area contributed by atoms with E-state index >= 15 is 0 Å². The summed E-state index contributed by atoms with van der Waals surface area (Å²) < 4.78 is 0. The van der Waals surface area contributed by atoms with Gasteiger partial charge in [0, 0.05) is 37.3 Å². The largest absolute Gasteiger partial charge is 0.481 e. The molecule has 1 aromatic carbocycles. The van der Waals surface area contributed by atoms with Gasteiger partial charge in [-0.1, -0.05) is 0 Å². The predicted molar refractivity (Wildman–Crippen MR) is 84.3 cm³/mol. The molecule has 6 nitrogen and oxygen atoms in total. The molecule has 0 unspecified atom stereocenters. The maximum absolute atomic E-state index is 12.5. The molecule has 2 saturated heterocycles. The molecule has 0 aromatic heterocycles. The van der Waals surface area contributed by atoms with E-state index in [1.165, 1.54) is 0 Å². The lowest BCUT2D eigenvalue weighted by Crippen LogP contribution is -2.42. The molecule has 3 rings (SSSR count). The predicted octanol–water partition coefficient (Wildman–Crippen LogP) is 1.75. The summed E-state index contributed by atoms with van der Waals surface area (Å²) in [6.45, 7) is 1.58. The number of benzene rings is 1. The first-order valence-electron chi connectivity index (χ1n) is 7.99. The fourth-order valence-electron chi connectivity index (χ4n) is 3.25. The van der Waals surface area contributed by atoms with Gasteiger partial charge in [-0.3, -0.25) is 14.4 Å². The summed E-state index contributed by atoms with van der Waals surface area (Å²) in [5.41, 5.74) is 1.34. The standard InChI is InChI=1S/C17H20N2O4/c20-15-4-2-10-19(15)14-7-5-12(6-8-14)16(21)18-9-1-3-13(11-18)17(22)23/h5-8,13H,1-4,9-11H2,(H,22,23)/t13-/m1/s1. The molecule has 122 valence electrons. The molecule has 1 atom stereocenters. The van der Waals surface area contributed by atoms with Crippen molar-refractivity contribution in [1.82, 2.24) is 4.90 Å². The molecule has 2 fully saturated rings. The van der Waals surface area contributed by atoms with E-state index in [0.717, 1.165) is 18.7 Å². The van der Waals surface area contributed by atoms with Gasteiger partial charge < -0.3 is 14.9 Å². The van der Waals surface area contributed by atoms with Crippen LogP contribution in [0.4, 0.5) is 5.69 Å². The first-order valence-corrected chi connectivity index (χ1v) is 7.99. The van der Waals surface area contributed by atoms with Gasteiger partial charge in [0.05, 0.1) is 5.92 Å². The van der Waals surface area contributed by atoms with Gasteiger partial charge in [0.2, 0.25) is 5.91 Å². The first-order chi connectivity index (χ1) is 11.1. The minimum Gasteiger partial charge on any atom is -0.481 e. The summed E-state index contributed by atoms with van der Waals surface area (Å²) in [4.78, 5) is 38.7. The number of likely N-dealkylation sites (tertiary alicyclic amines) is 1. The van der Waals surface area contributed by atoms with Crippen LogP contribution in [0.15, 0.2) is 24.3 Å². The number of hydrogen-bond acceptors (Lipinski definition) is 3. The monoisotopic (exact) mass is 316 g/mol. The van der Waals surface area contributed by atoms with Gasteiger partial charge in [-0.05, 0) is 43.5 Å². The van der Waals surface area contributed by atoms with Crippen LogP contribution >= 0.6 is 0 Å². The van der Waals surface area contributed by atoms with Crippen molar-refractivity contribution in [3.8, 4) is 0 Å². The molecule has 0 spiro atoms. The number of piperidine rings is 1. The van der Waals surface area contributed by atoms with Crippen LogP contribution < -0.4 is 4.90 Å². The summed E-state index contributed by atoms with van der Waals surface area (Å²) in [6, 6.07) is 7.01. The van der Waals surface area contributed by atoms with Gasteiger partial charge in [-0.25, -0.2) is 0 Å². The van der Waals surface area contributed by atoms with Crippen molar-refractivity contribution in [3.63, 3.8) is 0 Å². The quantitative estimate of drug-likeness (QED) is 0.921. The average Bonchev–Trinajstić information content (AvgIpc) is 3.00. The number of carboxylic acid groups (broad SMARTS) is 1. The van der Waals surface area contributed by atoms with Gasteiger partial charge >= 0.3 is 5.97 Å². The summed E-state index contributed by atoms with van der Waals surface area (Å²) >= 11 is 0. The molecular weight excluding hydrogens is 296 g/mol. The third-order valence-electron chi connectivity index (χ3n) is 4.56. The number of aliphatic carboxylic acids is 1. The smallest absolute Gasteiger partial charge is 0.308 e. The number of carboxylic acids is 1. The zero-order chi connectivity index (χ0) is 16.4. The second-order valence-corrected chi connectivity index (χ2v) is 6.12. The molecule has 0 saturated carbocycles. The van der Waals surface area contributed by atoms with Crippen molar-refractivity contribution in [2.24, 2.45) is 5.92 Å². The molecule has 2 amide bonds. The number of carbonyl (C=O) groups excluding carboxylic acids is 2. The van der Waals surface area contributed by atoms with E-state index < -0.39 is 11.9 Å². The van der Waals surface area contributed by atoms with Gasteiger partial charge in [0.1, 0.15) is 0 Å². The van der Waals surface area contributed by atoms with Crippen LogP contribution in [0.1, 0.15) is 36.0 Å². The van der Waals surface area contributed by atoms with Crippen molar-refractivity contribution >= 4 is 23.5 Å². The maximum atomic E-state index is 12.5. The molecule has 23 heavy (non-hydrogen) atoms. The van der Waals surface area contributed by atoms with E-state index in [4.69, 9.17) is 5.11 Å². The molecule has 1 aromatic rings. The van der Waals surface area contributed by atoms with Crippen LogP contribution in [0.3, 0.4) is 0 Å². The van der Waals surface area contributed by atoms with Gasteiger partial charge in [0.25, 0.3) is 5.91 Å². The van der Waals surface area contributed by atoms with E-state index in [9.17, 15) is 14.4 Å². The number of carbonyl (C=O) groups is 3. The van der Waals surface area contributed by atoms with Crippen LogP contribution in [0.25, 0.3) is 0 Å². The molecular formula is C17H20N2O4. The summed E-state index contributed by atoms with van der Waals surface area (Å²) in [5, 5.41) is 9.12. The van der Waals surface area contributed by atoms with Crippen molar-refractivity contribution in [2.45, 2.75) is 25.7 Å². The van der Waals surface area contributed by atoms with Crippen molar-refractivity contribution in [3.05, 3.63) is 29.8 Å². The summed E-state index contributed by atoms with van der Waals surface area (Å²) in [7, 11) is 0. The highest BCUT2D eigenvalue weighted by Gasteiger charge is 2.29. The number of hydrogen-bond donors (Lipinski definition) is 1. The number of nitrogens with zero attached hydrogens (tertiary/aromatic N) is 2. The van der Waals surface area contributed by atoms with Crippen molar-refractivity contribution in [2.75, 3.05) is 24.5 Å². The highest BCUT2D eigenvalue weighted by atomic mass is 16.4. The lowest BCUT2D eigenvalue weighted by molar-refractivity contribution is -0.143. The Morgan fingerprint density at radius 1 is 1.09 bits per heavy atom. The van der Waals surface area contributed by atoms with Crippen LogP contribution in [-0.4, -0.2) is 47.4 Å². The van der Waals surface area contributed by atoms with Gasteiger partial charge in [0.15, 0.2) is 0 Å². The maximum Gasteiger partial charge on any atom is 0.308 e. The van der Waals surface area contributed by atoms with Gasteiger partial charge in [-0.15, -0.1) is 0 Å². The lowest BCUT2D eigenvalue weighted by Gasteiger charge is -2.30. The summed E-state index contributed by atoms with van der Waals surface area (Å²) in [5.74, 6) is -1.35. The normalized spacial score (nSPS) is 21.6. The fraction of sp³-hybridized carbons (Fsp3) is 0.471. The van der Waals surface area contributed by atoms with E-state index in [-0.39, 0.29) is 18.4 Å². The Labute approximate surface area is 134 Å². The fourth-order valence-corrected chi connectivity index (χ4v) is 3.25. The molecule has 6 heteroatoms. The third kappa shape index (κ3) is 3.21. The zero-order valence-corrected chi connectivity index (χ0v) is 12.9. The highest BCUT2D eigenvalue weighted by molar-refractivity contribution is 5.97. The Hall–Kier alpha value is -2.37. The molecule has 2 aliphatic rings. The molecule has 0 radical (unpaired) electrons. The van der Waals surface area contributed by atoms with Crippen LogP contribution in [0.5, 0.6) is 0 Å². The van der Waals surface area contributed by atoms with Crippen molar-refractivity contribution < 1.29 is 19.5 Å². The number of amides is 2. The number of anilines is 1. The number of rotatable bonds is 3. The molecule has 2 heterocycles. The first kappa shape index (κ1) is 15.5. The van der Waals surface area contributed by atoms with Crippen LogP contribution in [0.2, 0.25) is 0 Å². The second-order valence-electron chi connectivity index (χ2n) is 6.12. The van der Waals surface area contributed by atoms with Crippen LogP contribution in [0, 0.1) is 5.92 Å². The van der Waals surface area contributed by atoms with E-state index in [1.807, 2.05) is 0 Å². The Bertz CT molecular complexity index is 626. The second kappa shape index (κ2) is 6.40. The topological polar surface area (TPSA) is 77.9 Å². The Morgan fingerprint density at radius 3 is 2.43 bits per heavy atom. The van der Waals surface area contributed by atoms with E-state index in [1.54, 1.807) is 34.1 Å². The van der Waals surface area contributed by atoms with Crippen LogP contribution in [-0.2, 0) is 9.59 Å². The Kier molecular flexibility index (Phi) is 4.32. The van der Waals surface area contributed by atoms with E-state index in [2.05, 4.69) is 0 Å². The third-order valence-corrected chi connectivity index (χ3v) is 4.56. The molecule has 2 aliphatic heterocycles.